The molecule has 0 amide bonds. The Morgan fingerprint density at radius 3 is 1.71 bits per heavy atom. The number of aromatic nitrogens is 1. The molecular formula is C25H24NOP. The van der Waals surface area contributed by atoms with E-state index in [0.717, 1.165) is 16.2 Å². The summed E-state index contributed by atoms with van der Waals surface area (Å²) >= 11 is 0. The zero-order valence-corrected chi connectivity index (χ0v) is 17.6. The van der Waals surface area contributed by atoms with Crippen LogP contribution in [0.1, 0.15) is 22.3 Å². The first-order valence-corrected chi connectivity index (χ1v) is 10.8. The maximum Gasteiger partial charge on any atom is 0.256 e. The molecule has 28 heavy (non-hydrogen) atoms. The number of hydrogen-bond acceptors (Lipinski definition) is 1. The first-order chi connectivity index (χ1) is 13.4. The number of nitrogens with one attached hydrogen (secondary N) is 1. The van der Waals surface area contributed by atoms with Crippen molar-refractivity contribution < 1.29 is 0 Å². The fraction of sp³-hybridized carbons (Fsp3) is 0.160. The Labute approximate surface area is 167 Å². The van der Waals surface area contributed by atoms with Gasteiger partial charge in [-0.1, -0.05) is 76.9 Å². The van der Waals surface area contributed by atoms with Crippen LogP contribution in [0, 0.1) is 27.7 Å². The topological polar surface area (TPSA) is 32.9 Å². The molecule has 140 valence electrons. The Morgan fingerprint density at radius 1 is 0.679 bits per heavy atom. The van der Waals surface area contributed by atoms with Crippen LogP contribution in [0.4, 0.5) is 0 Å². The van der Waals surface area contributed by atoms with Crippen LogP contribution in [0.3, 0.4) is 0 Å². The van der Waals surface area contributed by atoms with Gasteiger partial charge in [0, 0.05) is 13.3 Å². The number of fused-ring (bicyclic) bond motifs is 1. The molecule has 1 heterocycles. The number of H-pyrrole nitrogens is 1. The van der Waals surface area contributed by atoms with Gasteiger partial charge < -0.3 is 4.98 Å². The molecule has 0 atom stereocenters. The van der Waals surface area contributed by atoms with Crippen molar-refractivity contribution in [3.05, 3.63) is 99.3 Å². The first-order valence-electron chi connectivity index (χ1n) is 9.49. The van der Waals surface area contributed by atoms with Crippen LogP contribution in [0.25, 0.3) is 10.8 Å². The van der Waals surface area contributed by atoms with Crippen molar-refractivity contribution in [3.8, 4) is 0 Å². The highest BCUT2D eigenvalue weighted by atomic mass is 31.1. The second-order valence-corrected chi connectivity index (χ2v) is 9.78. The second kappa shape index (κ2) is 7.37. The van der Waals surface area contributed by atoms with Crippen LogP contribution < -0.4 is 21.6 Å². The summed E-state index contributed by atoms with van der Waals surface area (Å²) < 4.78 is 0. The van der Waals surface area contributed by atoms with Crippen molar-refractivity contribution in [1.29, 1.82) is 0 Å². The molecule has 0 aliphatic carbocycles. The van der Waals surface area contributed by atoms with Crippen LogP contribution in [0.5, 0.6) is 0 Å². The van der Waals surface area contributed by atoms with Crippen molar-refractivity contribution in [2.45, 2.75) is 27.7 Å². The highest BCUT2D eigenvalue weighted by molar-refractivity contribution is 7.79. The minimum Gasteiger partial charge on any atom is -0.321 e. The fourth-order valence-electron chi connectivity index (χ4n) is 3.90. The zero-order chi connectivity index (χ0) is 19.8. The number of hydrogen-bond donors (Lipinski definition) is 1. The Kier molecular flexibility index (Phi) is 4.91. The summed E-state index contributed by atoms with van der Waals surface area (Å²) in [5.74, 6) is 0. The zero-order valence-electron chi connectivity index (χ0n) is 16.7. The van der Waals surface area contributed by atoms with E-state index in [-0.39, 0.29) is 5.56 Å². The lowest BCUT2D eigenvalue weighted by Crippen LogP contribution is -2.28. The summed E-state index contributed by atoms with van der Waals surface area (Å²) in [6.45, 7) is 8.53. The summed E-state index contributed by atoms with van der Waals surface area (Å²) in [6.07, 6.45) is 0. The van der Waals surface area contributed by atoms with Gasteiger partial charge in [-0.3, -0.25) is 4.79 Å². The molecule has 0 spiro atoms. The number of aromatic amines is 1. The molecule has 0 bridgehead atoms. The lowest BCUT2D eigenvalue weighted by atomic mass is 10.2. The van der Waals surface area contributed by atoms with Crippen molar-refractivity contribution >= 4 is 34.7 Å². The van der Waals surface area contributed by atoms with Gasteiger partial charge in [0.25, 0.3) is 5.56 Å². The molecule has 0 radical (unpaired) electrons. The quantitative estimate of drug-likeness (QED) is 0.517. The molecule has 0 aliphatic heterocycles. The largest absolute Gasteiger partial charge is 0.321 e. The first kappa shape index (κ1) is 18.7. The third-order valence-electron chi connectivity index (χ3n) is 4.91. The fourth-order valence-corrected chi connectivity index (χ4v) is 6.57. The highest BCUT2D eigenvalue weighted by Crippen LogP contribution is 2.33. The molecule has 0 fully saturated rings. The van der Waals surface area contributed by atoms with Crippen molar-refractivity contribution in [2.24, 2.45) is 0 Å². The minimum atomic E-state index is -0.856. The maximum absolute atomic E-state index is 12.8. The molecule has 2 nitrogen and oxygen atoms in total. The van der Waals surface area contributed by atoms with Gasteiger partial charge in [0.05, 0.1) is 5.44 Å². The van der Waals surface area contributed by atoms with E-state index >= 15 is 0 Å². The Bertz CT molecular complexity index is 1150. The predicted molar refractivity (Wildman–Crippen MR) is 122 cm³/mol. The molecule has 1 aromatic heterocycles. The number of aryl methyl sites for hydroxylation is 4. The molecule has 3 aromatic carbocycles. The highest BCUT2D eigenvalue weighted by Gasteiger charge is 2.20. The van der Waals surface area contributed by atoms with E-state index in [4.69, 9.17) is 0 Å². The van der Waals surface area contributed by atoms with Gasteiger partial charge in [0.2, 0.25) is 0 Å². The van der Waals surface area contributed by atoms with Crippen LogP contribution in [-0.2, 0) is 0 Å². The second-order valence-electron chi connectivity index (χ2n) is 7.60. The monoisotopic (exact) mass is 385 g/mol. The summed E-state index contributed by atoms with van der Waals surface area (Å²) in [5.41, 5.74) is 5.96. The SMILES string of the molecule is Cc1cc(C)cc(P(c2cc(C)cc(C)c2)c2cc3ccccc3c(=O)[nH]2)c1. The van der Waals surface area contributed by atoms with E-state index < -0.39 is 7.92 Å². The number of rotatable bonds is 3. The lowest BCUT2D eigenvalue weighted by Gasteiger charge is -2.21. The van der Waals surface area contributed by atoms with Crippen molar-refractivity contribution in [1.82, 2.24) is 4.98 Å². The third-order valence-corrected chi connectivity index (χ3v) is 7.18. The standard InChI is InChI=1S/C25H24NOP/c1-16-9-17(2)12-21(11-16)28(22-13-18(3)10-19(4)14-22)24-15-20-7-5-6-8-23(20)25(27)26-24/h5-15H,1-4H3,(H,26,27). The average molecular weight is 385 g/mol. The molecule has 3 heteroatoms. The molecule has 0 unspecified atom stereocenters. The van der Waals surface area contributed by atoms with Crippen LogP contribution >= 0.6 is 7.92 Å². The minimum absolute atomic E-state index is 0.0191. The molecule has 1 N–H and O–H groups in total. The van der Waals surface area contributed by atoms with Crippen LogP contribution in [0.2, 0.25) is 0 Å². The molecule has 0 saturated heterocycles. The van der Waals surface area contributed by atoms with Gasteiger partial charge in [-0.15, -0.1) is 0 Å². The molecular weight excluding hydrogens is 361 g/mol. The normalized spacial score (nSPS) is 11.3. The van der Waals surface area contributed by atoms with E-state index in [1.807, 2.05) is 24.3 Å². The Balaban J connectivity index is 2.01. The summed E-state index contributed by atoms with van der Waals surface area (Å²) in [4.78, 5) is 16.0. The van der Waals surface area contributed by atoms with E-state index in [1.165, 1.54) is 32.9 Å². The molecule has 4 aromatic rings. The summed E-state index contributed by atoms with van der Waals surface area (Å²) in [6, 6.07) is 23.4. The van der Waals surface area contributed by atoms with Crippen LogP contribution in [-0.4, -0.2) is 4.98 Å². The third kappa shape index (κ3) is 3.66. The molecule has 0 aliphatic rings. The lowest BCUT2D eigenvalue weighted by molar-refractivity contribution is 1.33. The van der Waals surface area contributed by atoms with Gasteiger partial charge >= 0.3 is 0 Å². The van der Waals surface area contributed by atoms with Gasteiger partial charge in [-0.25, -0.2) is 0 Å². The van der Waals surface area contributed by atoms with E-state index in [0.29, 0.717) is 0 Å². The summed E-state index contributed by atoms with van der Waals surface area (Å²) in [5, 5.41) is 4.26. The van der Waals surface area contributed by atoms with E-state index in [9.17, 15) is 4.79 Å². The Morgan fingerprint density at radius 2 is 1.18 bits per heavy atom. The van der Waals surface area contributed by atoms with Crippen molar-refractivity contribution in [2.75, 3.05) is 0 Å². The van der Waals surface area contributed by atoms with Gasteiger partial charge in [0.15, 0.2) is 0 Å². The van der Waals surface area contributed by atoms with E-state index in [1.54, 1.807) is 0 Å². The van der Waals surface area contributed by atoms with Gasteiger partial charge in [-0.05, 0) is 55.8 Å². The van der Waals surface area contributed by atoms with Crippen LogP contribution in [0.15, 0.2) is 71.5 Å². The van der Waals surface area contributed by atoms with Gasteiger partial charge in [0.1, 0.15) is 0 Å². The smallest absolute Gasteiger partial charge is 0.256 e. The predicted octanol–water partition coefficient (Wildman–Crippen LogP) is 4.52. The number of pyridine rings is 1. The average Bonchev–Trinajstić information content (AvgIpc) is 2.60. The van der Waals surface area contributed by atoms with E-state index in [2.05, 4.69) is 75.1 Å². The molecule has 0 saturated carbocycles. The maximum atomic E-state index is 12.8. The van der Waals surface area contributed by atoms with Gasteiger partial charge in [-0.2, -0.15) is 0 Å². The Hall–Kier alpha value is -2.70. The summed E-state index contributed by atoms with van der Waals surface area (Å²) in [7, 11) is -0.856. The number of benzene rings is 3. The molecule has 4 rings (SSSR count). The van der Waals surface area contributed by atoms with Crippen molar-refractivity contribution in [3.63, 3.8) is 0 Å².